The van der Waals surface area contributed by atoms with E-state index in [0.717, 1.165) is 20.8 Å². The molecule has 0 aromatic carbocycles. The van der Waals surface area contributed by atoms with E-state index in [1.807, 2.05) is 0 Å². The molecule has 0 radical (unpaired) electrons. The Morgan fingerprint density at radius 1 is 1.00 bits per heavy atom. The molecule has 166 valence electrons. The summed E-state index contributed by atoms with van der Waals surface area (Å²) in [4.78, 5) is 50.8. The van der Waals surface area contributed by atoms with Gasteiger partial charge in [0.2, 0.25) is 0 Å². The Hall–Kier alpha value is 3.36. The Balaban J connectivity index is -0.000000521. The molecule has 0 aliphatic rings. The zero-order valence-electron chi connectivity index (χ0n) is 17.5. The third kappa shape index (κ3) is 13.4. The maximum atomic E-state index is 12.1. The van der Waals surface area contributed by atoms with Gasteiger partial charge < -0.3 is 38.1 Å². The minimum Gasteiger partial charge on any atom is -0.778 e. The largest absolute Gasteiger partial charge is 1.00 e. The van der Waals surface area contributed by atoms with Crippen LogP contribution >= 0.6 is 23.0 Å². The molecule has 0 rings (SSSR count). The van der Waals surface area contributed by atoms with E-state index in [1.165, 1.54) is 6.92 Å². The standard InChI is InChI=1S/C10H25O12P3S.CH4.3Na/c1-5-8(26(19,20)21)6-10(4,23(11,12)13)7-9(2,3)24(14,15)22-25(16,17)18;;;;/h8H,5-7H2,1-4H3,(H,14,15)(H2,11,12,13)(H2,16,17,18)(H,19,20,21);1H4;;;/q;;3*+1/p-3. The molecule has 19 heteroatoms. The third-order valence-electron chi connectivity index (χ3n) is 3.98. The summed E-state index contributed by atoms with van der Waals surface area (Å²) < 4.78 is 72.2. The van der Waals surface area contributed by atoms with E-state index >= 15 is 0 Å². The fourth-order valence-corrected chi connectivity index (χ4v) is 7.33. The molecule has 0 heterocycles. The summed E-state index contributed by atoms with van der Waals surface area (Å²) in [6.07, 6.45) is -2.19. The van der Waals surface area contributed by atoms with Crippen LogP contribution in [0.25, 0.3) is 0 Å². The van der Waals surface area contributed by atoms with E-state index < -0.39 is 61.5 Å². The van der Waals surface area contributed by atoms with Crippen molar-refractivity contribution in [1.29, 1.82) is 0 Å². The molecule has 0 aliphatic heterocycles. The summed E-state index contributed by atoms with van der Waals surface area (Å²) in [5, 5.41) is -6.37. The predicted octanol–water partition coefficient (Wildman–Crippen LogP) is -8.52. The quantitative estimate of drug-likeness (QED) is 0.132. The Morgan fingerprint density at radius 3 is 1.60 bits per heavy atom. The number of phosphoric acid groups is 1. The average molecular weight is 544 g/mol. The SMILES string of the molecule is C.CCC(CC(C)(CC(C)(C)P(=O)([O-])OP(=O)(O)O)P(=O)([O-])O)S(=O)(=O)[O-].[Na+].[Na+].[Na+]. The van der Waals surface area contributed by atoms with Crippen LogP contribution in [0.1, 0.15) is 54.4 Å². The minimum absolute atomic E-state index is 0. The van der Waals surface area contributed by atoms with Crippen molar-refractivity contribution >= 4 is 33.1 Å². The summed E-state index contributed by atoms with van der Waals surface area (Å²) in [6, 6.07) is 0. The molecule has 4 unspecified atom stereocenters. The van der Waals surface area contributed by atoms with Crippen LogP contribution in [-0.2, 0) is 28.1 Å². The van der Waals surface area contributed by atoms with Gasteiger partial charge in [0, 0.05) is 10.3 Å². The maximum absolute atomic E-state index is 12.1. The van der Waals surface area contributed by atoms with Crippen molar-refractivity contribution in [3.05, 3.63) is 0 Å². The van der Waals surface area contributed by atoms with Gasteiger partial charge >= 0.3 is 96.5 Å². The molecule has 0 bridgehead atoms. The van der Waals surface area contributed by atoms with Crippen molar-refractivity contribution in [2.75, 3.05) is 0 Å². The van der Waals surface area contributed by atoms with Gasteiger partial charge in [0.25, 0.3) is 0 Å². The van der Waals surface area contributed by atoms with Gasteiger partial charge in [-0.25, -0.2) is 17.3 Å². The van der Waals surface area contributed by atoms with Crippen LogP contribution in [0.2, 0.25) is 0 Å². The molecule has 4 atom stereocenters. The molecule has 0 aromatic rings. The van der Waals surface area contributed by atoms with Crippen LogP contribution in [0.4, 0.5) is 0 Å². The van der Waals surface area contributed by atoms with Crippen LogP contribution < -0.4 is 98.5 Å². The fourth-order valence-electron chi connectivity index (χ4n) is 2.51. The van der Waals surface area contributed by atoms with Gasteiger partial charge in [0.1, 0.15) is 7.60 Å². The van der Waals surface area contributed by atoms with Crippen LogP contribution in [-0.4, -0.2) is 43.2 Å². The Morgan fingerprint density at radius 2 is 1.37 bits per heavy atom. The monoisotopic (exact) mass is 544 g/mol. The summed E-state index contributed by atoms with van der Waals surface area (Å²) in [6.45, 7) is 3.90. The van der Waals surface area contributed by atoms with Gasteiger partial charge in [-0.2, -0.15) is 0 Å². The Labute approximate surface area is 244 Å². The molecule has 0 saturated carbocycles. The first-order valence-electron chi connectivity index (χ1n) is 7.15. The maximum Gasteiger partial charge on any atom is 1.00 e. The minimum atomic E-state index is -5.48. The summed E-state index contributed by atoms with van der Waals surface area (Å²) >= 11 is 0. The van der Waals surface area contributed by atoms with Crippen LogP contribution in [0.15, 0.2) is 0 Å². The number of hydrogen-bond donors (Lipinski definition) is 3. The molecule has 0 spiro atoms. The molecule has 30 heavy (non-hydrogen) atoms. The van der Waals surface area contributed by atoms with E-state index in [2.05, 4.69) is 4.31 Å². The van der Waals surface area contributed by atoms with E-state index in [9.17, 15) is 41.3 Å². The summed E-state index contributed by atoms with van der Waals surface area (Å²) in [5.74, 6) is 0. The molecule has 0 aromatic heterocycles. The second-order valence-corrected chi connectivity index (χ2v) is 14.4. The summed E-state index contributed by atoms with van der Waals surface area (Å²) in [5.41, 5.74) is 0. The smallest absolute Gasteiger partial charge is 0.778 e. The molecule has 0 aliphatic carbocycles. The first kappa shape index (κ1) is 43.4. The molecule has 3 N–H and O–H groups in total. The normalized spacial score (nSPS) is 19.1. The van der Waals surface area contributed by atoms with Gasteiger partial charge in [0.15, 0.2) is 7.60 Å². The zero-order valence-corrected chi connectivity index (χ0v) is 27.0. The van der Waals surface area contributed by atoms with Crippen LogP contribution in [0, 0.1) is 0 Å². The van der Waals surface area contributed by atoms with Crippen molar-refractivity contribution in [2.24, 2.45) is 0 Å². The van der Waals surface area contributed by atoms with Crippen LogP contribution in [0.5, 0.6) is 0 Å². The van der Waals surface area contributed by atoms with Crippen molar-refractivity contribution in [3.8, 4) is 0 Å². The van der Waals surface area contributed by atoms with Gasteiger partial charge in [0.05, 0.1) is 15.4 Å². The molecule has 0 amide bonds. The van der Waals surface area contributed by atoms with Crippen molar-refractivity contribution in [2.45, 2.75) is 69.9 Å². The van der Waals surface area contributed by atoms with Crippen molar-refractivity contribution in [1.82, 2.24) is 0 Å². The van der Waals surface area contributed by atoms with Crippen molar-refractivity contribution < 1.29 is 144 Å². The molecule has 0 fully saturated rings. The van der Waals surface area contributed by atoms with Gasteiger partial charge in [-0.15, -0.1) is 0 Å². The second-order valence-electron chi connectivity index (χ2n) is 6.80. The average Bonchev–Trinajstić information content (AvgIpc) is 2.29. The molecular formula is C11H26Na3O12P3S. The molecular weight excluding hydrogens is 518 g/mol. The topological polar surface area (TPSA) is 224 Å². The predicted molar refractivity (Wildman–Crippen MR) is 92.8 cm³/mol. The van der Waals surface area contributed by atoms with E-state index in [4.69, 9.17) is 9.79 Å². The fraction of sp³-hybridized carbons (Fsp3) is 1.00. The zero-order chi connectivity index (χ0) is 21.4. The number of hydrogen-bond acceptors (Lipinski definition) is 9. The van der Waals surface area contributed by atoms with Gasteiger partial charge in [-0.3, -0.25) is 0 Å². The van der Waals surface area contributed by atoms with E-state index in [1.54, 1.807) is 0 Å². The molecule has 0 saturated heterocycles. The van der Waals surface area contributed by atoms with Crippen LogP contribution in [0.3, 0.4) is 0 Å². The first-order chi connectivity index (χ1) is 11.1. The molecule has 12 nitrogen and oxygen atoms in total. The van der Waals surface area contributed by atoms with Gasteiger partial charge in [-0.05, 0) is 19.3 Å². The van der Waals surface area contributed by atoms with Crippen molar-refractivity contribution in [3.63, 3.8) is 0 Å². The third-order valence-corrected chi connectivity index (χ3v) is 10.4. The van der Waals surface area contributed by atoms with E-state index in [-0.39, 0.29) is 103 Å². The number of rotatable bonds is 10. The Bertz CT molecular complexity index is 765. The van der Waals surface area contributed by atoms with E-state index in [0.29, 0.717) is 0 Å². The first-order valence-corrected chi connectivity index (χ1v) is 13.3. The summed E-state index contributed by atoms with van der Waals surface area (Å²) in [7, 11) is -21.2. The second kappa shape index (κ2) is 14.8. The van der Waals surface area contributed by atoms with Gasteiger partial charge in [-0.1, -0.05) is 35.1 Å². The Kier molecular flexibility index (Phi) is 21.4.